The quantitative estimate of drug-likeness (QED) is 0.407. The maximum atomic E-state index is 6.07. The van der Waals surface area contributed by atoms with Gasteiger partial charge >= 0.3 is 0 Å². The van der Waals surface area contributed by atoms with E-state index < -0.39 is 0 Å². The van der Waals surface area contributed by atoms with Gasteiger partial charge in [0.25, 0.3) is 0 Å². The predicted octanol–water partition coefficient (Wildman–Crippen LogP) is 4.94. The van der Waals surface area contributed by atoms with Crippen molar-refractivity contribution in [1.82, 2.24) is 20.1 Å². The Kier molecular flexibility index (Phi) is 6.66. The van der Waals surface area contributed by atoms with Gasteiger partial charge in [0.15, 0.2) is 0 Å². The minimum Gasteiger partial charge on any atom is -0.492 e. The summed E-state index contributed by atoms with van der Waals surface area (Å²) in [7, 11) is 0. The smallest absolute Gasteiger partial charge is 0.126 e. The molecule has 0 aliphatic carbocycles. The lowest BCUT2D eigenvalue weighted by Crippen LogP contribution is -2.38. The second-order valence-electron chi connectivity index (χ2n) is 8.08. The molecule has 5 rings (SSSR count). The molecule has 1 aliphatic rings. The number of para-hydroxylation sites is 1. The summed E-state index contributed by atoms with van der Waals surface area (Å²) in [5.41, 5.74) is 5.14. The molecule has 0 atom stereocenters. The Hall–Kier alpha value is -3.61. The fourth-order valence-electron chi connectivity index (χ4n) is 3.91. The lowest BCUT2D eigenvalue weighted by atomic mass is 10.1. The Morgan fingerprint density at radius 2 is 1.88 bits per heavy atom. The van der Waals surface area contributed by atoms with Gasteiger partial charge in [0.1, 0.15) is 12.4 Å². The molecule has 0 amide bonds. The maximum absolute atomic E-state index is 6.07. The molecule has 6 nitrogen and oxygen atoms in total. The highest BCUT2D eigenvalue weighted by Gasteiger charge is 2.10. The van der Waals surface area contributed by atoms with Crippen LogP contribution in [0.25, 0.3) is 35.2 Å². The van der Waals surface area contributed by atoms with Gasteiger partial charge < -0.3 is 14.5 Å². The third-order valence-electron chi connectivity index (χ3n) is 5.77. The minimum absolute atomic E-state index is 0.663. The summed E-state index contributed by atoms with van der Waals surface area (Å²) in [4.78, 5) is 5.62. The molecule has 1 aliphatic heterocycles. The number of fused-ring (bicyclic) bond motifs is 1. The lowest BCUT2D eigenvalue weighted by Gasteiger charge is -2.26. The molecule has 1 fully saturated rings. The molecule has 1 saturated heterocycles. The Labute approximate surface area is 193 Å². The maximum Gasteiger partial charge on any atom is 0.126 e. The summed E-state index contributed by atoms with van der Waals surface area (Å²) < 4.78 is 11.5. The van der Waals surface area contributed by atoms with Gasteiger partial charge in [0, 0.05) is 36.9 Å². The number of hydrogen-bond acceptors (Lipinski definition) is 4. The van der Waals surface area contributed by atoms with Gasteiger partial charge in [0.2, 0.25) is 0 Å². The van der Waals surface area contributed by atoms with Gasteiger partial charge in [-0.05, 0) is 53.4 Å². The zero-order valence-corrected chi connectivity index (χ0v) is 18.5. The fraction of sp³-hybridized carbons (Fsp3) is 0.222. The van der Waals surface area contributed by atoms with E-state index in [1.807, 2.05) is 48.7 Å². The molecule has 2 aromatic heterocycles. The Bertz CT molecular complexity index is 1250. The van der Waals surface area contributed by atoms with Crippen LogP contribution in [0.5, 0.6) is 5.75 Å². The first kappa shape index (κ1) is 21.2. The summed E-state index contributed by atoms with van der Waals surface area (Å²) in [5, 5.41) is 8.71. The molecule has 0 unspecified atom stereocenters. The lowest BCUT2D eigenvalue weighted by molar-refractivity contribution is 0.0322. The zero-order valence-electron chi connectivity index (χ0n) is 18.5. The van der Waals surface area contributed by atoms with E-state index in [-0.39, 0.29) is 0 Å². The van der Waals surface area contributed by atoms with E-state index >= 15 is 0 Å². The first-order chi connectivity index (χ1) is 16.3. The summed E-state index contributed by atoms with van der Waals surface area (Å²) in [6.07, 6.45) is 10.1. The summed E-state index contributed by atoms with van der Waals surface area (Å²) in [6.45, 7) is 5.14. The van der Waals surface area contributed by atoms with E-state index in [9.17, 15) is 0 Å². The molecule has 0 radical (unpaired) electrons. The number of nitrogens with zero attached hydrogens (tertiary/aromatic N) is 2. The van der Waals surface area contributed by atoms with Gasteiger partial charge in [-0.1, -0.05) is 36.4 Å². The van der Waals surface area contributed by atoms with Crippen LogP contribution in [0.4, 0.5) is 0 Å². The molecule has 33 heavy (non-hydrogen) atoms. The van der Waals surface area contributed by atoms with Gasteiger partial charge in [-0.25, -0.2) is 0 Å². The molecule has 4 aromatic rings. The van der Waals surface area contributed by atoms with Crippen molar-refractivity contribution in [3.63, 3.8) is 0 Å². The molecule has 6 heteroatoms. The number of aromatic nitrogens is 3. The second-order valence-corrected chi connectivity index (χ2v) is 8.08. The largest absolute Gasteiger partial charge is 0.492 e. The number of H-pyrrole nitrogens is 2. The molecular weight excluding hydrogens is 412 g/mol. The Balaban J connectivity index is 1.20. The topological polar surface area (TPSA) is 66.2 Å². The number of rotatable bonds is 8. The molecule has 0 spiro atoms. The van der Waals surface area contributed by atoms with Crippen LogP contribution < -0.4 is 4.74 Å². The number of nitrogens with one attached hydrogen (secondary N) is 2. The standard InChI is InChI=1S/C27H28N4O2/c1-2-4-27(33-18-15-31-13-16-32-17-14-31)23(3-1)8-10-25-20-24(29-30-25)9-6-21-5-7-22-11-12-28-26(22)19-21/h1-12,19-20,28H,13-18H2,(H,29,30)/b9-6+,10-8+. The van der Waals surface area contributed by atoms with E-state index in [0.717, 1.165) is 66.6 Å². The van der Waals surface area contributed by atoms with Crippen LogP contribution in [-0.2, 0) is 4.74 Å². The number of hydrogen-bond donors (Lipinski definition) is 2. The van der Waals surface area contributed by atoms with Gasteiger partial charge in [-0.3, -0.25) is 10.00 Å². The summed E-state index contributed by atoms with van der Waals surface area (Å²) >= 11 is 0. The zero-order chi connectivity index (χ0) is 22.3. The van der Waals surface area contributed by atoms with Crippen molar-refractivity contribution in [2.75, 3.05) is 39.5 Å². The van der Waals surface area contributed by atoms with Crippen molar-refractivity contribution in [1.29, 1.82) is 0 Å². The van der Waals surface area contributed by atoms with Crippen LogP contribution >= 0.6 is 0 Å². The molecule has 168 valence electrons. The Morgan fingerprint density at radius 1 is 0.970 bits per heavy atom. The van der Waals surface area contributed by atoms with Gasteiger partial charge in [0.05, 0.1) is 24.6 Å². The number of ether oxygens (including phenoxy) is 2. The van der Waals surface area contributed by atoms with Gasteiger partial charge in [-0.2, -0.15) is 5.10 Å². The number of morpholine rings is 1. The second kappa shape index (κ2) is 10.3. The van der Waals surface area contributed by atoms with Crippen molar-refractivity contribution in [3.05, 3.63) is 83.3 Å². The normalized spacial score (nSPS) is 15.2. The average Bonchev–Trinajstić information content (AvgIpc) is 3.52. The first-order valence-electron chi connectivity index (χ1n) is 11.3. The third-order valence-corrected chi connectivity index (χ3v) is 5.77. The molecular formula is C27H28N4O2. The van der Waals surface area contributed by atoms with E-state index in [2.05, 4.69) is 56.5 Å². The molecule has 2 aromatic carbocycles. The van der Waals surface area contributed by atoms with E-state index in [1.54, 1.807) is 0 Å². The monoisotopic (exact) mass is 440 g/mol. The first-order valence-corrected chi connectivity index (χ1v) is 11.3. The van der Waals surface area contributed by atoms with Crippen molar-refractivity contribution in [2.45, 2.75) is 0 Å². The molecule has 3 heterocycles. The average molecular weight is 441 g/mol. The van der Waals surface area contributed by atoms with E-state index in [0.29, 0.717) is 6.61 Å². The van der Waals surface area contributed by atoms with Gasteiger partial charge in [-0.15, -0.1) is 0 Å². The molecule has 2 N–H and O–H groups in total. The third kappa shape index (κ3) is 5.61. The van der Waals surface area contributed by atoms with Crippen LogP contribution in [0.3, 0.4) is 0 Å². The number of aromatic amines is 2. The van der Waals surface area contributed by atoms with Crippen LogP contribution in [0.2, 0.25) is 0 Å². The summed E-state index contributed by atoms with van der Waals surface area (Å²) in [5.74, 6) is 0.886. The highest BCUT2D eigenvalue weighted by atomic mass is 16.5. The van der Waals surface area contributed by atoms with Crippen molar-refractivity contribution in [3.8, 4) is 5.75 Å². The SMILES string of the molecule is C(=C\c1cc(/C=C/c2ccccc2OCCN2CCOCC2)n[nH]1)/c1ccc2cc[nH]c2c1. The molecule has 0 saturated carbocycles. The van der Waals surface area contributed by atoms with Crippen molar-refractivity contribution >= 4 is 35.2 Å². The molecule has 0 bridgehead atoms. The van der Waals surface area contributed by atoms with E-state index in [1.165, 1.54) is 5.39 Å². The van der Waals surface area contributed by atoms with Crippen LogP contribution in [0.1, 0.15) is 22.5 Å². The van der Waals surface area contributed by atoms with Crippen LogP contribution in [0.15, 0.2) is 60.8 Å². The highest BCUT2D eigenvalue weighted by molar-refractivity contribution is 5.83. The minimum atomic E-state index is 0.663. The summed E-state index contributed by atoms with van der Waals surface area (Å²) in [6, 6.07) is 18.6. The highest BCUT2D eigenvalue weighted by Crippen LogP contribution is 2.21. The van der Waals surface area contributed by atoms with E-state index in [4.69, 9.17) is 9.47 Å². The van der Waals surface area contributed by atoms with Crippen molar-refractivity contribution < 1.29 is 9.47 Å². The van der Waals surface area contributed by atoms with Crippen LogP contribution in [-0.4, -0.2) is 59.5 Å². The fourth-order valence-corrected chi connectivity index (χ4v) is 3.91. The Morgan fingerprint density at radius 3 is 2.82 bits per heavy atom. The number of benzene rings is 2. The van der Waals surface area contributed by atoms with Crippen LogP contribution in [0, 0.1) is 0 Å². The predicted molar refractivity (Wildman–Crippen MR) is 134 cm³/mol. The van der Waals surface area contributed by atoms with Crippen molar-refractivity contribution in [2.24, 2.45) is 0 Å².